The van der Waals surface area contributed by atoms with Crippen molar-refractivity contribution in [1.29, 1.82) is 0 Å². The van der Waals surface area contributed by atoms with Crippen LogP contribution in [0.3, 0.4) is 0 Å². The first-order chi connectivity index (χ1) is 11.5. The fourth-order valence-corrected chi connectivity index (χ4v) is 5.95. The van der Waals surface area contributed by atoms with Crippen LogP contribution in [-0.2, 0) is 31.6 Å². The zero-order chi connectivity index (χ0) is 21.6. The number of hydrogen-bond donors (Lipinski definition) is 3. The molecule has 0 aliphatic heterocycles. The SMILES string of the molecule is CC(C)O.CC(C)O.CC(C)O.C[Si](C)(C)[CH-]S(=O)(=O)c1ccccc1.[Ti]. The van der Waals surface area contributed by atoms with Gasteiger partial charge in [-0.3, -0.25) is 8.42 Å². The van der Waals surface area contributed by atoms with Gasteiger partial charge in [-0.2, -0.15) is 0 Å². The maximum atomic E-state index is 11.8. The fourth-order valence-electron chi connectivity index (χ4n) is 1.14. The Kier molecular flexibility index (Phi) is 23.0. The van der Waals surface area contributed by atoms with Gasteiger partial charge in [-0.15, -0.1) is 0 Å². The van der Waals surface area contributed by atoms with Crippen LogP contribution < -0.4 is 0 Å². The fraction of sp³-hybridized carbons (Fsp3) is 0.632. The molecule has 0 atom stereocenters. The standard InChI is InChI=1S/C10H15O2SSi.3C3H8O.Ti/c1-14(2,3)9-13(11,12)10-7-5-4-6-8-10;3*1-3(2)4;/h4-9H,1-3H3;3*3-4H,1-2H3;/q-1;;;;. The summed E-state index contributed by atoms with van der Waals surface area (Å²) in [5.41, 5.74) is 0. The summed E-state index contributed by atoms with van der Waals surface area (Å²) in [7, 11) is -4.87. The summed E-state index contributed by atoms with van der Waals surface area (Å²) in [6.07, 6.45) is -0.500. The second-order valence-corrected chi connectivity index (χ2v) is 14.9. The Hall–Kier alpha value is -0.0188. The topological polar surface area (TPSA) is 94.8 Å². The quantitative estimate of drug-likeness (QED) is 0.478. The number of hydrogen-bond acceptors (Lipinski definition) is 5. The molecule has 3 N–H and O–H groups in total. The van der Waals surface area contributed by atoms with E-state index in [1.54, 1.807) is 65.8 Å². The van der Waals surface area contributed by atoms with E-state index in [1.807, 2.05) is 25.7 Å². The molecule has 0 aliphatic carbocycles. The summed E-state index contributed by atoms with van der Waals surface area (Å²) in [6, 6.07) is 8.56. The summed E-state index contributed by atoms with van der Waals surface area (Å²) in [5, 5.41) is 25.7. The van der Waals surface area contributed by atoms with E-state index < -0.39 is 17.9 Å². The maximum absolute atomic E-state index is 11.8. The van der Waals surface area contributed by atoms with Crippen molar-refractivity contribution < 1.29 is 45.5 Å². The predicted octanol–water partition coefficient (Wildman–Crippen LogP) is 3.66. The van der Waals surface area contributed by atoms with Crippen molar-refractivity contribution in [2.45, 2.75) is 84.4 Å². The molecular weight excluding hydrogens is 416 g/mol. The number of sulfone groups is 1. The first-order valence-corrected chi connectivity index (χ1v) is 13.8. The van der Waals surface area contributed by atoms with E-state index in [4.69, 9.17) is 15.3 Å². The summed E-state index contributed by atoms with van der Waals surface area (Å²) >= 11 is 0. The Morgan fingerprint density at radius 1 is 0.778 bits per heavy atom. The van der Waals surface area contributed by atoms with Crippen molar-refractivity contribution in [3.8, 4) is 0 Å². The molecule has 1 aromatic rings. The number of aliphatic hydroxyl groups excluding tert-OH is 3. The number of rotatable bonds is 3. The molecule has 0 heterocycles. The minimum Gasteiger partial charge on any atom is -0.394 e. The molecule has 0 unspecified atom stereocenters. The van der Waals surface area contributed by atoms with Crippen molar-refractivity contribution in [3.05, 3.63) is 35.7 Å². The van der Waals surface area contributed by atoms with Crippen LogP contribution >= 0.6 is 0 Å². The molecule has 0 spiro atoms. The van der Waals surface area contributed by atoms with Crippen molar-refractivity contribution >= 4 is 17.9 Å². The van der Waals surface area contributed by atoms with E-state index in [0.29, 0.717) is 4.90 Å². The first-order valence-electron chi connectivity index (χ1n) is 8.71. The Balaban J connectivity index is -0.000000169. The van der Waals surface area contributed by atoms with Crippen molar-refractivity contribution in [1.82, 2.24) is 0 Å². The number of aliphatic hydroxyl groups is 3. The summed E-state index contributed by atoms with van der Waals surface area (Å²) in [5.74, 6) is 0. The third kappa shape index (κ3) is 37.4. The van der Waals surface area contributed by atoms with Crippen LogP contribution in [0.2, 0.25) is 19.6 Å². The molecule has 5 nitrogen and oxygen atoms in total. The molecule has 0 amide bonds. The molecule has 0 saturated heterocycles. The first kappa shape index (κ1) is 34.5. The van der Waals surface area contributed by atoms with E-state index in [0.717, 1.165) is 0 Å². The largest absolute Gasteiger partial charge is 0.394 e. The third-order valence-electron chi connectivity index (χ3n) is 1.58. The Bertz CT molecular complexity index is 504. The zero-order valence-corrected chi connectivity index (χ0v) is 21.6. The smallest absolute Gasteiger partial charge is 0.0506 e. The van der Waals surface area contributed by atoms with Gasteiger partial charge in [0.15, 0.2) is 0 Å². The van der Waals surface area contributed by atoms with E-state index >= 15 is 0 Å². The van der Waals surface area contributed by atoms with Crippen LogP contribution in [0.4, 0.5) is 0 Å². The molecule has 0 fully saturated rings. The van der Waals surface area contributed by atoms with Crippen LogP contribution in [-0.4, -0.2) is 50.1 Å². The molecule has 0 saturated carbocycles. The van der Waals surface area contributed by atoms with E-state index in [1.165, 1.54) is 5.38 Å². The van der Waals surface area contributed by atoms with E-state index in [9.17, 15) is 8.42 Å². The van der Waals surface area contributed by atoms with E-state index in [2.05, 4.69) is 0 Å². The van der Waals surface area contributed by atoms with Gasteiger partial charge >= 0.3 is 0 Å². The Labute approximate surface area is 183 Å². The van der Waals surface area contributed by atoms with Gasteiger partial charge in [0.2, 0.25) is 0 Å². The Morgan fingerprint density at radius 3 is 1.26 bits per heavy atom. The normalized spacial score (nSPS) is 10.6. The molecule has 27 heavy (non-hydrogen) atoms. The van der Waals surface area contributed by atoms with Gasteiger partial charge in [-0.05, 0) is 53.7 Å². The zero-order valence-electron chi connectivity index (χ0n) is 18.3. The van der Waals surface area contributed by atoms with Crippen LogP contribution in [0.25, 0.3) is 0 Å². The molecule has 0 bridgehead atoms. The van der Waals surface area contributed by atoms with Gasteiger partial charge in [-0.1, -0.05) is 45.9 Å². The van der Waals surface area contributed by atoms with Gasteiger partial charge in [0, 0.05) is 44.9 Å². The van der Waals surface area contributed by atoms with Gasteiger partial charge in [0.25, 0.3) is 0 Å². The predicted molar refractivity (Wildman–Crippen MR) is 113 cm³/mol. The van der Waals surface area contributed by atoms with Gasteiger partial charge in [0.1, 0.15) is 0 Å². The van der Waals surface area contributed by atoms with Gasteiger partial charge in [0.05, 0.1) is 9.84 Å². The third-order valence-corrected chi connectivity index (χ3v) is 6.58. The maximum Gasteiger partial charge on any atom is 0.0506 e. The summed E-state index contributed by atoms with van der Waals surface area (Å²) in [4.78, 5) is 0.391. The molecule has 8 heteroatoms. The molecule has 0 aromatic heterocycles. The van der Waals surface area contributed by atoms with Crippen LogP contribution in [0.1, 0.15) is 41.5 Å². The van der Waals surface area contributed by atoms with Crippen molar-refractivity contribution in [2.75, 3.05) is 0 Å². The molecule has 0 aliphatic rings. The van der Waals surface area contributed by atoms with Crippen LogP contribution in [0, 0.1) is 5.38 Å². The minimum atomic E-state index is -3.18. The number of benzene rings is 1. The van der Waals surface area contributed by atoms with E-state index in [-0.39, 0.29) is 40.0 Å². The Morgan fingerprint density at radius 2 is 1.04 bits per heavy atom. The van der Waals surface area contributed by atoms with Crippen LogP contribution in [0.15, 0.2) is 35.2 Å². The molecule has 1 aromatic carbocycles. The minimum absolute atomic E-state index is 0. The molecule has 0 radical (unpaired) electrons. The molecular formula is C19H39O5SSiTi-. The van der Waals surface area contributed by atoms with Crippen molar-refractivity contribution in [3.63, 3.8) is 0 Å². The second-order valence-electron chi connectivity index (χ2n) is 7.62. The summed E-state index contributed by atoms with van der Waals surface area (Å²) in [6.45, 7) is 16.4. The van der Waals surface area contributed by atoms with Gasteiger partial charge < -0.3 is 15.3 Å². The second kappa shape index (κ2) is 18.0. The van der Waals surface area contributed by atoms with Crippen LogP contribution in [0.5, 0.6) is 0 Å². The average molecular weight is 456 g/mol. The van der Waals surface area contributed by atoms with Gasteiger partial charge in [-0.25, -0.2) is 5.38 Å². The van der Waals surface area contributed by atoms with Crippen molar-refractivity contribution in [2.24, 2.45) is 0 Å². The monoisotopic (exact) mass is 455 g/mol. The summed E-state index contributed by atoms with van der Waals surface area (Å²) < 4.78 is 23.7. The molecule has 1 rings (SSSR count). The average Bonchev–Trinajstić information content (AvgIpc) is 2.34. The molecule has 160 valence electrons.